The number of carbonyl (C=O) groups is 1. The summed E-state index contributed by atoms with van der Waals surface area (Å²) in [5, 5.41) is 1.72. The Bertz CT molecular complexity index is 1290. The predicted molar refractivity (Wildman–Crippen MR) is 113 cm³/mol. The van der Waals surface area contributed by atoms with E-state index in [2.05, 4.69) is 4.99 Å². The standard InChI is InChI=1S/C19H19N3O5S3/c1-2-21-13-9-14-15(27-11-26-14)10-16(13)29-19(21)20-18(23)12-5-3-7-22(12)30(24,25)17-6-4-8-28-17/h4,6,8-10,12H,2-3,5,7,11H2,1H3. The number of thiazole rings is 1. The number of hydrogen-bond acceptors (Lipinski definition) is 7. The minimum atomic E-state index is -3.69. The maximum Gasteiger partial charge on any atom is 0.266 e. The Morgan fingerprint density at radius 1 is 1.30 bits per heavy atom. The average molecular weight is 466 g/mol. The monoisotopic (exact) mass is 465 g/mol. The maximum absolute atomic E-state index is 13.1. The first-order chi connectivity index (χ1) is 14.5. The van der Waals surface area contributed by atoms with Gasteiger partial charge in [-0.05, 0) is 31.2 Å². The quantitative estimate of drug-likeness (QED) is 0.591. The van der Waals surface area contributed by atoms with Gasteiger partial charge in [0.25, 0.3) is 15.9 Å². The fraction of sp³-hybridized carbons (Fsp3) is 0.368. The molecule has 1 unspecified atom stereocenters. The molecule has 30 heavy (non-hydrogen) atoms. The lowest BCUT2D eigenvalue weighted by Crippen LogP contribution is -2.40. The third kappa shape index (κ3) is 3.16. The molecule has 1 atom stereocenters. The van der Waals surface area contributed by atoms with E-state index in [-0.39, 0.29) is 11.0 Å². The molecular formula is C19H19N3O5S3. The van der Waals surface area contributed by atoms with Crippen LogP contribution in [0.2, 0.25) is 0 Å². The van der Waals surface area contributed by atoms with Crippen LogP contribution in [-0.4, -0.2) is 42.6 Å². The van der Waals surface area contributed by atoms with Crippen LogP contribution < -0.4 is 14.3 Å². The summed E-state index contributed by atoms with van der Waals surface area (Å²) < 4.78 is 41.2. The van der Waals surface area contributed by atoms with Gasteiger partial charge in [0.05, 0.1) is 10.2 Å². The molecule has 3 aromatic rings. The van der Waals surface area contributed by atoms with Crippen LogP contribution in [0, 0.1) is 0 Å². The van der Waals surface area contributed by atoms with Crippen LogP contribution in [0.3, 0.4) is 0 Å². The fourth-order valence-corrected chi connectivity index (χ4v) is 7.70. The molecule has 2 aromatic heterocycles. The van der Waals surface area contributed by atoms with Gasteiger partial charge in [-0.3, -0.25) is 4.79 Å². The van der Waals surface area contributed by atoms with Crippen molar-refractivity contribution >= 4 is 48.8 Å². The molecule has 0 N–H and O–H groups in total. The van der Waals surface area contributed by atoms with Crippen LogP contribution in [0.5, 0.6) is 11.5 Å². The van der Waals surface area contributed by atoms with Gasteiger partial charge in [0.2, 0.25) is 6.79 Å². The molecule has 2 aliphatic rings. The fourth-order valence-electron chi connectivity index (χ4n) is 3.82. The summed E-state index contributed by atoms with van der Waals surface area (Å²) in [7, 11) is -3.69. The lowest BCUT2D eigenvalue weighted by molar-refractivity contribution is -0.121. The summed E-state index contributed by atoms with van der Waals surface area (Å²) in [5.74, 6) is 0.916. The molecule has 1 saturated heterocycles. The number of amides is 1. The van der Waals surface area contributed by atoms with Crippen LogP contribution in [0.15, 0.2) is 38.8 Å². The minimum Gasteiger partial charge on any atom is -0.454 e. The summed E-state index contributed by atoms with van der Waals surface area (Å²) in [6.07, 6.45) is 1.11. The Hall–Kier alpha value is -2.21. The van der Waals surface area contributed by atoms with Crippen molar-refractivity contribution in [3.05, 3.63) is 34.4 Å². The molecule has 8 nitrogen and oxygen atoms in total. The Morgan fingerprint density at radius 2 is 2.10 bits per heavy atom. The van der Waals surface area contributed by atoms with Gasteiger partial charge in [-0.15, -0.1) is 11.3 Å². The van der Waals surface area contributed by atoms with Gasteiger partial charge in [0, 0.05) is 25.2 Å². The highest BCUT2D eigenvalue weighted by Gasteiger charge is 2.40. The number of benzene rings is 1. The highest BCUT2D eigenvalue weighted by Crippen LogP contribution is 2.37. The summed E-state index contributed by atoms with van der Waals surface area (Å²) >= 11 is 2.54. The first-order valence-electron chi connectivity index (χ1n) is 9.56. The maximum atomic E-state index is 13.1. The summed E-state index contributed by atoms with van der Waals surface area (Å²) in [4.78, 5) is 18.0. The van der Waals surface area contributed by atoms with E-state index in [4.69, 9.17) is 9.47 Å². The molecule has 0 saturated carbocycles. The van der Waals surface area contributed by atoms with E-state index >= 15 is 0 Å². The van der Waals surface area contributed by atoms with E-state index in [0.717, 1.165) is 21.6 Å². The van der Waals surface area contributed by atoms with E-state index in [9.17, 15) is 13.2 Å². The predicted octanol–water partition coefficient (Wildman–Crippen LogP) is 2.79. The minimum absolute atomic E-state index is 0.199. The van der Waals surface area contributed by atoms with Crippen LogP contribution >= 0.6 is 22.7 Å². The van der Waals surface area contributed by atoms with Crippen molar-refractivity contribution in [2.24, 2.45) is 4.99 Å². The van der Waals surface area contributed by atoms with Crippen LogP contribution in [-0.2, 0) is 21.4 Å². The molecule has 2 aliphatic heterocycles. The highest BCUT2D eigenvalue weighted by atomic mass is 32.2. The van der Waals surface area contributed by atoms with Crippen molar-refractivity contribution in [1.29, 1.82) is 0 Å². The zero-order valence-corrected chi connectivity index (χ0v) is 18.6. The van der Waals surface area contributed by atoms with Crippen molar-refractivity contribution in [2.45, 2.75) is 36.6 Å². The summed E-state index contributed by atoms with van der Waals surface area (Å²) in [6.45, 7) is 3.12. The first kappa shape index (κ1) is 19.7. The van der Waals surface area contributed by atoms with Gasteiger partial charge in [0.15, 0.2) is 16.3 Å². The molecule has 0 spiro atoms. The third-order valence-corrected chi connectivity index (χ3v) is 9.57. The number of aromatic nitrogens is 1. The van der Waals surface area contributed by atoms with Crippen LogP contribution in [0.1, 0.15) is 19.8 Å². The van der Waals surface area contributed by atoms with E-state index in [1.807, 2.05) is 23.6 Å². The Morgan fingerprint density at radius 3 is 2.83 bits per heavy atom. The van der Waals surface area contributed by atoms with Gasteiger partial charge >= 0.3 is 0 Å². The molecule has 1 fully saturated rings. The van der Waals surface area contributed by atoms with E-state index in [0.29, 0.717) is 42.2 Å². The molecular weight excluding hydrogens is 446 g/mol. The third-order valence-electron chi connectivity index (χ3n) is 5.25. The normalized spacial score (nSPS) is 19.8. The molecule has 1 amide bonds. The molecule has 1 aromatic carbocycles. The van der Waals surface area contributed by atoms with E-state index in [1.54, 1.807) is 17.5 Å². The molecule has 158 valence electrons. The van der Waals surface area contributed by atoms with Gasteiger partial charge in [-0.2, -0.15) is 9.30 Å². The van der Waals surface area contributed by atoms with Gasteiger partial charge in [-0.25, -0.2) is 8.42 Å². The zero-order valence-electron chi connectivity index (χ0n) is 16.1. The number of rotatable bonds is 4. The molecule has 4 heterocycles. The highest BCUT2D eigenvalue weighted by molar-refractivity contribution is 7.91. The topological polar surface area (TPSA) is 90.2 Å². The molecule has 0 aliphatic carbocycles. The largest absolute Gasteiger partial charge is 0.454 e. The number of aryl methyl sites for hydroxylation is 1. The number of fused-ring (bicyclic) bond motifs is 2. The molecule has 5 rings (SSSR count). The van der Waals surface area contributed by atoms with E-state index < -0.39 is 22.0 Å². The van der Waals surface area contributed by atoms with Crippen LogP contribution in [0.4, 0.5) is 0 Å². The molecule has 0 bridgehead atoms. The number of sulfonamides is 1. The van der Waals surface area contributed by atoms with Crippen molar-refractivity contribution in [1.82, 2.24) is 8.87 Å². The average Bonchev–Trinajstić information content (AvgIpc) is 3.52. The first-order valence-corrected chi connectivity index (χ1v) is 12.7. The second kappa shape index (κ2) is 7.49. The summed E-state index contributed by atoms with van der Waals surface area (Å²) in [6, 6.07) is 6.27. The van der Waals surface area contributed by atoms with Crippen molar-refractivity contribution < 1.29 is 22.7 Å². The SMILES string of the molecule is CCn1c(=NC(=O)C2CCCN2S(=O)(=O)c2cccs2)sc2cc3c(cc21)OCO3. The second-order valence-corrected chi connectivity index (χ2v) is 11.0. The number of hydrogen-bond donors (Lipinski definition) is 0. The second-order valence-electron chi connectivity index (χ2n) is 6.96. The molecule has 0 radical (unpaired) electrons. The van der Waals surface area contributed by atoms with Crippen molar-refractivity contribution in [3.8, 4) is 11.5 Å². The van der Waals surface area contributed by atoms with Crippen LogP contribution in [0.25, 0.3) is 10.2 Å². The van der Waals surface area contributed by atoms with E-state index in [1.165, 1.54) is 15.6 Å². The Labute approximate surface area is 181 Å². The molecule has 11 heteroatoms. The van der Waals surface area contributed by atoms with Crippen molar-refractivity contribution in [3.63, 3.8) is 0 Å². The van der Waals surface area contributed by atoms with Crippen molar-refractivity contribution in [2.75, 3.05) is 13.3 Å². The Kier molecular flexibility index (Phi) is 4.92. The van der Waals surface area contributed by atoms with Gasteiger partial charge in [0.1, 0.15) is 10.3 Å². The number of nitrogens with zero attached hydrogens (tertiary/aromatic N) is 3. The zero-order chi connectivity index (χ0) is 20.9. The lowest BCUT2D eigenvalue weighted by Gasteiger charge is -2.20. The van der Waals surface area contributed by atoms with Gasteiger partial charge < -0.3 is 14.0 Å². The summed E-state index contributed by atoms with van der Waals surface area (Å²) in [5.41, 5.74) is 0.910. The Balaban J connectivity index is 1.53. The lowest BCUT2D eigenvalue weighted by atomic mass is 10.2. The number of thiophene rings is 1. The number of carbonyl (C=O) groups excluding carboxylic acids is 1. The number of ether oxygens (including phenoxy) is 2. The van der Waals surface area contributed by atoms with Gasteiger partial charge in [-0.1, -0.05) is 17.4 Å². The smallest absolute Gasteiger partial charge is 0.266 e.